The summed E-state index contributed by atoms with van der Waals surface area (Å²) >= 11 is 9.20. The molecule has 0 aliphatic carbocycles. The summed E-state index contributed by atoms with van der Waals surface area (Å²) in [5.74, 6) is 0.701. The van der Waals surface area contributed by atoms with Crippen LogP contribution in [0.4, 0.5) is 0 Å². The number of aryl methyl sites for hydroxylation is 1. The second-order valence-corrected chi connectivity index (χ2v) is 9.78. The van der Waals surface area contributed by atoms with Gasteiger partial charge in [0.2, 0.25) is 0 Å². The van der Waals surface area contributed by atoms with Gasteiger partial charge < -0.3 is 4.90 Å². The standard InChI is InChI=1S/C18H24ClN3OS2/c1-12(2)10-16-20-13(3)17(25-16)18(23)22-8-6-21(7-9-22)11-14-4-5-15(19)24-14/h4-5,12H,6-11H2,1-3H3. The van der Waals surface area contributed by atoms with Crippen LogP contribution in [0, 0.1) is 12.8 Å². The third-order valence-corrected chi connectivity index (χ3v) is 6.67. The van der Waals surface area contributed by atoms with Gasteiger partial charge in [0.15, 0.2) is 0 Å². The van der Waals surface area contributed by atoms with Gasteiger partial charge in [-0.2, -0.15) is 0 Å². The maximum absolute atomic E-state index is 12.9. The van der Waals surface area contributed by atoms with Crippen LogP contribution in [0.25, 0.3) is 0 Å². The van der Waals surface area contributed by atoms with Gasteiger partial charge in [-0.05, 0) is 25.0 Å². The predicted octanol–water partition coefficient (Wildman–Crippen LogP) is 4.32. The minimum Gasteiger partial charge on any atom is -0.335 e. The van der Waals surface area contributed by atoms with Gasteiger partial charge >= 0.3 is 0 Å². The van der Waals surface area contributed by atoms with E-state index in [9.17, 15) is 4.79 Å². The van der Waals surface area contributed by atoms with Gasteiger partial charge in [-0.1, -0.05) is 25.4 Å². The van der Waals surface area contributed by atoms with Gasteiger partial charge in [-0.3, -0.25) is 9.69 Å². The fourth-order valence-electron chi connectivity index (χ4n) is 3.00. The fourth-order valence-corrected chi connectivity index (χ4v) is 5.37. The number of aromatic nitrogens is 1. The first-order valence-corrected chi connectivity index (χ1v) is 10.7. The van der Waals surface area contributed by atoms with Gasteiger partial charge in [0.05, 0.1) is 15.0 Å². The highest BCUT2D eigenvalue weighted by Crippen LogP contribution is 2.25. The topological polar surface area (TPSA) is 36.4 Å². The molecule has 1 aliphatic heterocycles. The van der Waals surface area contributed by atoms with Crippen molar-refractivity contribution >= 4 is 40.2 Å². The van der Waals surface area contributed by atoms with Crippen molar-refractivity contribution in [2.75, 3.05) is 26.2 Å². The SMILES string of the molecule is Cc1nc(CC(C)C)sc1C(=O)N1CCN(Cc2ccc(Cl)s2)CC1. The summed E-state index contributed by atoms with van der Waals surface area (Å²) in [5.41, 5.74) is 0.876. The number of thiazole rings is 1. The summed E-state index contributed by atoms with van der Waals surface area (Å²) in [5, 5.41) is 1.07. The molecule has 0 N–H and O–H groups in total. The maximum atomic E-state index is 12.9. The van der Waals surface area contributed by atoms with E-state index in [1.165, 1.54) is 4.88 Å². The number of nitrogens with zero attached hydrogens (tertiary/aromatic N) is 3. The molecule has 0 unspecified atom stereocenters. The van der Waals surface area contributed by atoms with Crippen molar-refractivity contribution in [3.63, 3.8) is 0 Å². The third kappa shape index (κ3) is 4.82. The van der Waals surface area contributed by atoms with Crippen LogP contribution < -0.4 is 0 Å². The number of halogens is 1. The first-order valence-electron chi connectivity index (χ1n) is 8.64. The summed E-state index contributed by atoms with van der Waals surface area (Å²) in [6, 6.07) is 4.03. The number of carbonyl (C=O) groups excluding carboxylic acids is 1. The monoisotopic (exact) mass is 397 g/mol. The molecule has 25 heavy (non-hydrogen) atoms. The minimum atomic E-state index is 0.142. The highest BCUT2D eigenvalue weighted by Gasteiger charge is 2.25. The Bertz CT molecular complexity index is 733. The van der Waals surface area contributed by atoms with Crippen LogP contribution in [-0.4, -0.2) is 46.9 Å². The van der Waals surface area contributed by atoms with Crippen molar-refractivity contribution in [2.24, 2.45) is 5.92 Å². The van der Waals surface area contributed by atoms with Crippen LogP contribution >= 0.6 is 34.3 Å². The Morgan fingerprint density at radius 2 is 1.96 bits per heavy atom. The summed E-state index contributed by atoms with van der Waals surface area (Å²) in [6.45, 7) is 10.6. The zero-order chi connectivity index (χ0) is 18.0. The molecule has 3 rings (SSSR count). The zero-order valence-corrected chi connectivity index (χ0v) is 17.3. The molecular weight excluding hydrogens is 374 g/mol. The largest absolute Gasteiger partial charge is 0.335 e. The smallest absolute Gasteiger partial charge is 0.265 e. The molecule has 0 radical (unpaired) electrons. The Morgan fingerprint density at radius 1 is 1.24 bits per heavy atom. The molecule has 136 valence electrons. The number of hydrogen-bond donors (Lipinski definition) is 0. The van der Waals surface area contributed by atoms with Crippen molar-refractivity contribution < 1.29 is 4.79 Å². The lowest BCUT2D eigenvalue weighted by Gasteiger charge is -2.34. The summed E-state index contributed by atoms with van der Waals surface area (Å²) in [6.07, 6.45) is 0.940. The van der Waals surface area contributed by atoms with Crippen LogP contribution in [0.1, 0.15) is 39.1 Å². The van der Waals surface area contributed by atoms with Crippen molar-refractivity contribution in [3.8, 4) is 0 Å². The van der Waals surface area contributed by atoms with Crippen LogP contribution in [0.3, 0.4) is 0 Å². The van der Waals surface area contributed by atoms with Gasteiger partial charge in [-0.25, -0.2) is 4.98 Å². The summed E-state index contributed by atoms with van der Waals surface area (Å²) in [7, 11) is 0. The lowest BCUT2D eigenvalue weighted by molar-refractivity contribution is 0.0633. The number of rotatable bonds is 5. The molecule has 4 nitrogen and oxygen atoms in total. The molecule has 2 aromatic rings. The Hall–Kier alpha value is -0.950. The van der Waals surface area contributed by atoms with Crippen LogP contribution in [0.2, 0.25) is 4.34 Å². The van der Waals surface area contributed by atoms with Crippen LogP contribution in [0.5, 0.6) is 0 Å². The van der Waals surface area contributed by atoms with Crippen LogP contribution in [-0.2, 0) is 13.0 Å². The second-order valence-electron chi connectivity index (χ2n) is 6.89. The van der Waals surface area contributed by atoms with E-state index in [2.05, 4.69) is 29.8 Å². The lowest BCUT2D eigenvalue weighted by Crippen LogP contribution is -2.48. The van der Waals surface area contributed by atoms with Gasteiger partial charge in [-0.15, -0.1) is 22.7 Å². The van der Waals surface area contributed by atoms with Crippen LogP contribution in [0.15, 0.2) is 12.1 Å². The molecule has 2 aromatic heterocycles. The molecule has 0 atom stereocenters. The predicted molar refractivity (Wildman–Crippen MR) is 106 cm³/mol. The highest BCUT2D eigenvalue weighted by molar-refractivity contribution is 7.16. The van der Waals surface area contributed by atoms with E-state index in [0.717, 1.165) is 59.1 Å². The Balaban J connectivity index is 1.57. The molecule has 0 aromatic carbocycles. The Kier molecular flexibility index (Phi) is 6.15. The fraction of sp³-hybridized carbons (Fsp3) is 0.556. The second kappa shape index (κ2) is 8.16. The van der Waals surface area contributed by atoms with Gasteiger partial charge in [0, 0.05) is 44.0 Å². The molecule has 0 spiro atoms. The average molecular weight is 398 g/mol. The Morgan fingerprint density at radius 3 is 2.56 bits per heavy atom. The van der Waals surface area contributed by atoms with E-state index in [4.69, 9.17) is 11.6 Å². The minimum absolute atomic E-state index is 0.142. The first kappa shape index (κ1) is 18.8. The number of piperazine rings is 1. The van der Waals surface area contributed by atoms with E-state index in [-0.39, 0.29) is 5.91 Å². The molecule has 1 saturated heterocycles. The molecule has 1 amide bonds. The summed E-state index contributed by atoms with van der Waals surface area (Å²) in [4.78, 5) is 23.9. The molecule has 0 bridgehead atoms. The van der Waals surface area contributed by atoms with Crippen molar-refractivity contribution in [1.82, 2.24) is 14.8 Å². The lowest BCUT2D eigenvalue weighted by atomic mass is 10.1. The van der Waals surface area contributed by atoms with Crippen molar-refractivity contribution in [3.05, 3.63) is 36.9 Å². The van der Waals surface area contributed by atoms with Crippen molar-refractivity contribution in [2.45, 2.75) is 33.7 Å². The van der Waals surface area contributed by atoms with Gasteiger partial charge in [0.1, 0.15) is 4.88 Å². The number of thiophene rings is 1. The molecule has 1 fully saturated rings. The zero-order valence-electron chi connectivity index (χ0n) is 14.9. The molecule has 1 aliphatic rings. The van der Waals surface area contributed by atoms with Gasteiger partial charge in [0.25, 0.3) is 5.91 Å². The Labute approximate surface area is 162 Å². The van der Waals surface area contributed by atoms with E-state index in [1.807, 2.05) is 17.9 Å². The normalized spacial score (nSPS) is 16.0. The average Bonchev–Trinajstić information content (AvgIpc) is 3.12. The third-order valence-electron chi connectivity index (χ3n) is 4.29. The van der Waals surface area contributed by atoms with E-state index >= 15 is 0 Å². The number of hydrogen-bond acceptors (Lipinski definition) is 5. The number of amides is 1. The van der Waals surface area contributed by atoms with E-state index in [1.54, 1.807) is 22.7 Å². The molecule has 3 heterocycles. The maximum Gasteiger partial charge on any atom is 0.265 e. The highest BCUT2D eigenvalue weighted by atomic mass is 35.5. The van der Waals surface area contributed by atoms with E-state index < -0.39 is 0 Å². The van der Waals surface area contributed by atoms with Crippen molar-refractivity contribution in [1.29, 1.82) is 0 Å². The number of carbonyl (C=O) groups is 1. The quantitative estimate of drug-likeness (QED) is 0.753. The first-order chi connectivity index (χ1) is 11.9. The summed E-state index contributed by atoms with van der Waals surface area (Å²) < 4.78 is 0.835. The molecular formula is C18H24ClN3OS2. The molecule has 0 saturated carbocycles. The molecule has 7 heteroatoms. The van der Waals surface area contributed by atoms with E-state index in [0.29, 0.717) is 5.92 Å².